The number of aromatic nitrogens is 1. The third kappa shape index (κ3) is 3.27. The maximum Gasteiger partial charge on any atom is 0.301 e. The first-order valence-electron chi connectivity index (χ1n) is 9.34. The molecule has 1 aliphatic heterocycles. The van der Waals surface area contributed by atoms with Gasteiger partial charge < -0.3 is 9.84 Å². The van der Waals surface area contributed by atoms with E-state index < -0.39 is 17.7 Å². The highest BCUT2D eigenvalue weighted by atomic mass is 32.1. The predicted molar refractivity (Wildman–Crippen MR) is 116 cm³/mol. The lowest BCUT2D eigenvalue weighted by Gasteiger charge is -2.23. The van der Waals surface area contributed by atoms with E-state index in [9.17, 15) is 14.7 Å². The highest BCUT2D eigenvalue weighted by Gasteiger charge is 2.48. The minimum absolute atomic E-state index is 0.0501. The number of Topliss-reactive ketones (excluding diaryl/α,β-unsaturated/α-hetero) is 1. The summed E-state index contributed by atoms with van der Waals surface area (Å²) in [6.45, 7) is 3.76. The van der Waals surface area contributed by atoms with Crippen LogP contribution in [0.2, 0.25) is 0 Å². The van der Waals surface area contributed by atoms with E-state index in [0.29, 0.717) is 22.0 Å². The largest absolute Gasteiger partial charge is 0.507 e. The second-order valence-corrected chi connectivity index (χ2v) is 7.95. The van der Waals surface area contributed by atoms with Gasteiger partial charge in [0.25, 0.3) is 5.78 Å². The van der Waals surface area contributed by atoms with Crippen molar-refractivity contribution in [1.29, 1.82) is 0 Å². The van der Waals surface area contributed by atoms with Crippen LogP contribution in [0.3, 0.4) is 0 Å². The number of carbonyl (C=O) groups excluding carboxylic acids is 2. The van der Waals surface area contributed by atoms with Crippen LogP contribution < -0.4 is 9.64 Å². The second-order valence-electron chi connectivity index (χ2n) is 7.08. The number of aliphatic hydroxyl groups excluding tert-OH is 1. The molecule has 1 unspecified atom stereocenters. The Morgan fingerprint density at radius 3 is 2.50 bits per heavy atom. The van der Waals surface area contributed by atoms with Crippen molar-refractivity contribution in [2.75, 3.05) is 12.0 Å². The summed E-state index contributed by atoms with van der Waals surface area (Å²) in [6, 6.07) is 11.9. The van der Waals surface area contributed by atoms with Gasteiger partial charge in [-0.05, 0) is 43.2 Å². The fraction of sp³-hybridized carbons (Fsp3) is 0.174. The van der Waals surface area contributed by atoms with Crippen LogP contribution in [0.1, 0.15) is 28.3 Å². The Morgan fingerprint density at radius 2 is 1.87 bits per heavy atom. The normalized spacial score (nSPS) is 18.1. The molecule has 0 saturated carbocycles. The molecule has 4 rings (SSSR count). The standard InChI is InChI=1S/C23H20N2O4S/c1-13-4-5-14(2)17(12-13)20(26)18-19(15-6-8-16(29-3)9-7-15)25(22(28)21(18)27)23-24-10-11-30-23/h4-12,19,26H,1-3H3/b20-18+. The first kappa shape index (κ1) is 19.8. The van der Waals surface area contributed by atoms with E-state index >= 15 is 0 Å². The highest BCUT2D eigenvalue weighted by molar-refractivity contribution is 7.14. The van der Waals surface area contributed by atoms with E-state index in [1.807, 2.05) is 32.0 Å². The molecule has 0 aliphatic carbocycles. The van der Waals surface area contributed by atoms with Gasteiger partial charge in [0, 0.05) is 17.1 Å². The number of anilines is 1. The zero-order valence-corrected chi connectivity index (χ0v) is 17.6. The lowest BCUT2D eigenvalue weighted by molar-refractivity contribution is -0.132. The number of rotatable bonds is 4. The molecule has 1 saturated heterocycles. The Labute approximate surface area is 178 Å². The summed E-state index contributed by atoms with van der Waals surface area (Å²) in [7, 11) is 1.57. The molecule has 1 aliphatic rings. The van der Waals surface area contributed by atoms with Crippen molar-refractivity contribution < 1.29 is 19.4 Å². The van der Waals surface area contributed by atoms with Gasteiger partial charge in [-0.25, -0.2) is 4.98 Å². The van der Waals surface area contributed by atoms with Crippen LogP contribution in [-0.2, 0) is 9.59 Å². The van der Waals surface area contributed by atoms with Crippen LogP contribution in [0, 0.1) is 13.8 Å². The number of carbonyl (C=O) groups is 2. The topological polar surface area (TPSA) is 79.7 Å². The third-order valence-electron chi connectivity index (χ3n) is 5.15. The maximum absolute atomic E-state index is 13.1. The van der Waals surface area contributed by atoms with Crippen molar-refractivity contribution in [1.82, 2.24) is 4.98 Å². The molecule has 0 spiro atoms. The van der Waals surface area contributed by atoms with Crippen molar-refractivity contribution in [3.63, 3.8) is 0 Å². The fourth-order valence-corrected chi connectivity index (χ4v) is 4.27. The minimum Gasteiger partial charge on any atom is -0.507 e. The molecule has 0 bridgehead atoms. The molecular weight excluding hydrogens is 400 g/mol. The number of ketones is 1. The fourth-order valence-electron chi connectivity index (χ4n) is 3.60. The maximum atomic E-state index is 13.1. The number of thiazole rings is 1. The summed E-state index contributed by atoms with van der Waals surface area (Å²) in [6.07, 6.45) is 1.58. The summed E-state index contributed by atoms with van der Waals surface area (Å²) in [5.41, 5.74) is 3.01. The lowest BCUT2D eigenvalue weighted by atomic mass is 9.93. The molecule has 1 fully saturated rings. The van der Waals surface area contributed by atoms with E-state index in [4.69, 9.17) is 4.74 Å². The number of nitrogens with zero attached hydrogens (tertiary/aromatic N) is 2. The Bertz CT molecular complexity index is 1150. The Morgan fingerprint density at radius 1 is 1.13 bits per heavy atom. The molecule has 2 aromatic carbocycles. The number of aryl methyl sites for hydroxylation is 2. The summed E-state index contributed by atoms with van der Waals surface area (Å²) in [5, 5.41) is 13.3. The summed E-state index contributed by atoms with van der Waals surface area (Å²) in [4.78, 5) is 31.6. The van der Waals surface area contributed by atoms with Crippen LogP contribution in [0.4, 0.5) is 5.13 Å². The Kier molecular flexibility index (Phi) is 5.13. The number of amides is 1. The first-order chi connectivity index (χ1) is 14.4. The molecule has 30 heavy (non-hydrogen) atoms. The van der Waals surface area contributed by atoms with Crippen LogP contribution in [0.15, 0.2) is 59.6 Å². The van der Waals surface area contributed by atoms with Crippen LogP contribution in [0.25, 0.3) is 5.76 Å². The van der Waals surface area contributed by atoms with Crippen LogP contribution in [-0.4, -0.2) is 28.9 Å². The lowest BCUT2D eigenvalue weighted by Crippen LogP contribution is -2.29. The van der Waals surface area contributed by atoms with Crippen molar-refractivity contribution in [2.45, 2.75) is 19.9 Å². The quantitative estimate of drug-likeness (QED) is 0.385. The highest BCUT2D eigenvalue weighted by Crippen LogP contribution is 2.43. The monoisotopic (exact) mass is 420 g/mol. The van der Waals surface area contributed by atoms with Gasteiger partial charge >= 0.3 is 5.91 Å². The van der Waals surface area contributed by atoms with Crippen molar-refractivity contribution in [3.05, 3.63) is 81.9 Å². The minimum atomic E-state index is -0.790. The Hall–Kier alpha value is -3.45. The molecule has 6 nitrogen and oxygen atoms in total. The van der Waals surface area contributed by atoms with E-state index in [1.54, 1.807) is 43.0 Å². The predicted octanol–water partition coefficient (Wildman–Crippen LogP) is 4.39. The smallest absolute Gasteiger partial charge is 0.301 e. The van der Waals surface area contributed by atoms with E-state index in [-0.39, 0.29) is 11.3 Å². The van der Waals surface area contributed by atoms with Crippen molar-refractivity contribution in [3.8, 4) is 5.75 Å². The summed E-state index contributed by atoms with van der Waals surface area (Å²) in [5.74, 6) is -0.976. The van der Waals surface area contributed by atoms with Gasteiger partial charge in [-0.3, -0.25) is 14.5 Å². The number of benzene rings is 2. The summed E-state index contributed by atoms with van der Waals surface area (Å²) < 4.78 is 5.23. The molecule has 1 amide bonds. The van der Waals surface area contributed by atoms with Crippen LogP contribution in [0.5, 0.6) is 5.75 Å². The van der Waals surface area contributed by atoms with Gasteiger partial charge in [0.05, 0.1) is 18.7 Å². The number of ether oxygens (including phenoxy) is 1. The van der Waals surface area contributed by atoms with Gasteiger partial charge in [0.15, 0.2) is 5.13 Å². The van der Waals surface area contributed by atoms with E-state index in [1.165, 1.54) is 16.2 Å². The first-order valence-corrected chi connectivity index (χ1v) is 10.2. The summed E-state index contributed by atoms with van der Waals surface area (Å²) >= 11 is 1.26. The van der Waals surface area contributed by atoms with E-state index in [2.05, 4.69) is 4.98 Å². The van der Waals surface area contributed by atoms with Crippen molar-refractivity contribution in [2.24, 2.45) is 0 Å². The van der Waals surface area contributed by atoms with Gasteiger partial charge in [0.2, 0.25) is 0 Å². The van der Waals surface area contributed by atoms with Crippen LogP contribution >= 0.6 is 11.3 Å². The zero-order chi connectivity index (χ0) is 21.4. The molecule has 1 N–H and O–H groups in total. The molecule has 0 radical (unpaired) electrons. The van der Waals surface area contributed by atoms with Gasteiger partial charge in [-0.15, -0.1) is 11.3 Å². The molecule has 3 aromatic rings. The van der Waals surface area contributed by atoms with Crippen molar-refractivity contribution >= 4 is 33.9 Å². The molecule has 7 heteroatoms. The number of methoxy groups -OCH3 is 1. The number of hydrogen-bond acceptors (Lipinski definition) is 6. The third-order valence-corrected chi connectivity index (χ3v) is 5.92. The van der Waals surface area contributed by atoms with Gasteiger partial charge in [-0.1, -0.05) is 29.8 Å². The average Bonchev–Trinajstić information content (AvgIpc) is 3.36. The number of hydrogen-bond donors (Lipinski definition) is 1. The zero-order valence-electron chi connectivity index (χ0n) is 16.7. The molecule has 2 heterocycles. The van der Waals surface area contributed by atoms with Gasteiger partial charge in [0.1, 0.15) is 11.5 Å². The SMILES string of the molecule is COc1ccc(C2/C(=C(\O)c3cc(C)ccc3C)C(=O)C(=O)N2c2nccs2)cc1. The van der Waals surface area contributed by atoms with Gasteiger partial charge in [-0.2, -0.15) is 0 Å². The number of aliphatic hydroxyl groups is 1. The Balaban J connectivity index is 1.95. The second kappa shape index (κ2) is 7.76. The molecule has 1 atom stereocenters. The van der Waals surface area contributed by atoms with E-state index in [0.717, 1.165) is 11.1 Å². The molecular formula is C23H20N2O4S. The molecule has 152 valence electrons. The average molecular weight is 420 g/mol. The molecule has 1 aromatic heterocycles.